The second-order valence-electron chi connectivity index (χ2n) is 17.9. The monoisotopic (exact) mass is 669 g/mol. The van der Waals surface area contributed by atoms with Gasteiger partial charge in [-0.15, -0.1) is 0 Å². The highest BCUT2D eigenvalue weighted by atomic mass is 16.4. The van der Waals surface area contributed by atoms with Crippen molar-refractivity contribution in [1.82, 2.24) is 0 Å². The summed E-state index contributed by atoms with van der Waals surface area (Å²) < 4.78 is 0. The normalized spacial score (nSPS) is 31.8. The highest BCUT2D eigenvalue weighted by Gasteiger charge is 2.59. The van der Waals surface area contributed by atoms with E-state index < -0.39 is 5.97 Å². The first-order chi connectivity index (χ1) is 23.0. The number of aliphatic carboxylic acids is 1. The molecule has 4 rings (SSSR count). The molecule has 0 aromatic rings. The van der Waals surface area contributed by atoms with Crippen LogP contribution in [0.2, 0.25) is 0 Å². The smallest absolute Gasteiger partial charge is 0.303 e. The molecule has 0 aromatic heterocycles. The standard InChI is InChI=1S/C27H46O.C18H34O2/c1-18(2)7-6-8-19(3)23-11-12-24-22-10-9-20-17-21(28)13-15-26(20,4)25(22)14-16-27(23,24)5;1-2-3-4-5-6-7-8-9-10-11-12-13-14-15-16-17-18(19)20/h9,18-19,21-25,28H,6-8,10-17H2,1-5H3;9-10H,2-8,11-17H2,1H3,(H,19,20)/b;10-9+/t19?,21-,22-,23+,24-,25-,26-,27+;/m0./s1. The average Bonchev–Trinajstić information content (AvgIpc) is 3.40. The summed E-state index contributed by atoms with van der Waals surface area (Å²) in [7, 11) is 0. The summed E-state index contributed by atoms with van der Waals surface area (Å²) in [6.07, 6.45) is 38.4. The van der Waals surface area contributed by atoms with Gasteiger partial charge in [0.2, 0.25) is 0 Å². The van der Waals surface area contributed by atoms with Gasteiger partial charge in [-0.25, -0.2) is 0 Å². The zero-order chi connectivity index (χ0) is 35.0. The topological polar surface area (TPSA) is 57.5 Å². The summed E-state index contributed by atoms with van der Waals surface area (Å²) in [6, 6.07) is 0. The molecule has 3 saturated carbocycles. The Balaban J connectivity index is 0.000000279. The molecule has 0 saturated heterocycles. The van der Waals surface area contributed by atoms with E-state index in [9.17, 15) is 9.90 Å². The minimum absolute atomic E-state index is 0.0766. The van der Waals surface area contributed by atoms with E-state index in [-0.39, 0.29) is 6.10 Å². The summed E-state index contributed by atoms with van der Waals surface area (Å²) in [5, 5.41) is 18.7. The molecule has 0 spiro atoms. The number of allylic oxidation sites excluding steroid dienone is 3. The second-order valence-corrected chi connectivity index (χ2v) is 17.9. The van der Waals surface area contributed by atoms with E-state index in [0.29, 0.717) is 17.3 Å². The maximum atomic E-state index is 10.3. The summed E-state index contributed by atoms with van der Waals surface area (Å²) in [5.74, 6) is 4.79. The van der Waals surface area contributed by atoms with Gasteiger partial charge in [0.25, 0.3) is 0 Å². The molecule has 278 valence electrons. The van der Waals surface area contributed by atoms with Crippen LogP contribution in [-0.4, -0.2) is 22.3 Å². The van der Waals surface area contributed by atoms with Gasteiger partial charge in [-0.1, -0.05) is 136 Å². The van der Waals surface area contributed by atoms with Crippen LogP contribution in [0, 0.1) is 46.3 Å². The molecule has 3 heteroatoms. The zero-order valence-corrected chi connectivity index (χ0v) is 32.8. The quantitative estimate of drug-likeness (QED) is 0.100. The minimum Gasteiger partial charge on any atom is -0.481 e. The number of unbranched alkanes of at least 4 members (excludes halogenated alkanes) is 11. The third-order valence-electron chi connectivity index (χ3n) is 13.9. The van der Waals surface area contributed by atoms with Gasteiger partial charge < -0.3 is 10.2 Å². The molecule has 0 amide bonds. The number of hydrogen-bond donors (Lipinski definition) is 2. The first kappa shape index (κ1) is 41.3. The Morgan fingerprint density at radius 1 is 0.812 bits per heavy atom. The van der Waals surface area contributed by atoms with Gasteiger partial charge in [-0.2, -0.15) is 0 Å². The summed E-state index contributed by atoms with van der Waals surface area (Å²) in [6.45, 7) is 14.8. The minimum atomic E-state index is -0.664. The predicted octanol–water partition coefficient (Wildman–Crippen LogP) is 13.5. The van der Waals surface area contributed by atoms with Crippen molar-refractivity contribution < 1.29 is 15.0 Å². The Hall–Kier alpha value is -1.09. The third kappa shape index (κ3) is 12.3. The molecular weight excluding hydrogens is 588 g/mol. The van der Waals surface area contributed by atoms with Crippen LogP contribution in [0.4, 0.5) is 0 Å². The number of aliphatic hydroxyl groups is 1. The molecule has 0 bridgehead atoms. The Bertz CT molecular complexity index is 965. The molecular formula is C45H80O3. The van der Waals surface area contributed by atoms with E-state index in [1.54, 1.807) is 5.57 Å². The molecule has 4 aliphatic carbocycles. The Labute approximate surface area is 298 Å². The van der Waals surface area contributed by atoms with Crippen LogP contribution in [0.5, 0.6) is 0 Å². The fourth-order valence-corrected chi connectivity index (χ4v) is 11.0. The molecule has 3 nitrogen and oxygen atoms in total. The molecule has 0 heterocycles. The van der Waals surface area contributed by atoms with Crippen molar-refractivity contribution in [3.63, 3.8) is 0 Å². The Morgan fingerprint density at radius 2 is 1.46 bits per heavy atom. The summed E-state index contributed by atoms with van der Waals surface area (Å²) in [4.78, 5) is 10.3. The molecule has 8 atom stereocenters. The van der Waals surface area contributed by atoms with Crippen molar-refractivity contribution in [2.45, 2.75) is 208 Å². The number of aliphatic hydroxyl groups excluding tert-OH is 1. The van der Waals surface area contributed by atoms with Gasteiger partial charge in [0.15, 0.2) is 0 Å². The highest BCUT2D eigenvalue weighted by molar-refractivity contribution is 5.66. The number of carboxylic acids is 1. The Kier molecular flexibility index (Phi) is 18.4. The van der Waals surface area contributed by atoms with Crippen LogP contribution in [0.15, 0.2) is 23.8 Å². The van der Waals surface area contributed by atoms with Gasteiger partial charge in [0.1, 0.15) is 0 Å². The third-order valence-corrected chi connectivity index (χ3v) is 13.9. The van der Waals surface area contributed by atoms with Crippen molar-refractivity contribution in [1.29, 1.82) is 0 Å². The van der Waals surface area contributed by atoms with Crippen molar-refractivity contribution in [3.8, 4) is 0 Å². The van der Waals surface area contributed by atoms with E-state index in [2.05, 4.69) is 59.8 Å². The number of carboxylic acid groups (broad SMARTS) is 1. The molecule has 1 unspecified atom stereocenters. The molecule has 4 aliphatic rings. The van der Waals surface area contributed by atoms with Crippen molar-refractivity contribution >= 4 is 5.97 Å². The molecule has 0 aliphatic heterocycles. The first-order valence-electron chi connectivity index (χ1n) is 21.3. The van der Waals surface area contributed by atoms with Crippen molar-refractivity contribution in [2.24, 2.45) is 46.3 Å². The van der Waals surface area contributed by atoms with Crippen LogP contribution in [0.1, 0.15) is 202 Å². The maximum Gasteiger partial charge on any atom is 0.303 e. The van der Waals surface area contributed by atoms with Crippen LogP contribution in [-0.2, 0) is 4.79 Å². The number of rotatable bonds is 20. The number of hydrogen-bond acceptors (Lipinski definition) is 2. The first-order valence-corrected chi connectivity index (χ1v) is 21.3. The van der Waals surface area contributed by atoms with Gasteiger partial charge in [0.05, 0.1) is 6.10 Å². The van der Waals surface area contributed by atoms with Gasteiger partial charge in [0, 0.05) is 6.42 Å². The lowest BCUT2D eigenvalue weighted by Gasteiger charge is -2.58. The lowest BCUT2D eigenvalue weighted by atomic mass is 9.47. The van der Waals surface area contributed by atoms with E-state index in [4.69, 9.17) is 5.11 Å². The summed E-state index contributed by atoms with van der Waals surface area (Å²) >= 11 is 0. The SMILES string of the molecule is CC(C)CCCC(C)[C@H]1CC[C@H]2[C@@H]3CC=C4C[C@@H](O)CC[C@]4(C)[C@H]3CC[C@]12C.CCCCCCCC/C=C/CCCCCCCC(=O)O. The van der Waals surface area contributed by atoms with E-state index in [0.717, 1.165) is 61.2 Å². The van der Waals surface area contributed by atoms with Crippen LogP contribution in [0.25, 0.3) is 0 Å². The van der Waals surface area contributed by atoms with Gasteiger partial charge >= 0.3 is 5.97 Å². The second kappa shape index (κ2) is 21.3. The van der Waals surface area contributed by atoms with Crippen LogP contribution < -0.4 is 0 Å². The lowest BCUT2D eigenvalue weighted by Crippen LogP contribution is -2.50. The lowest BCUT2D eigenvalue weighted by molar-refractivity contribution is -0.137. The van der Waals surface area contributed by atoms with Gasteiger partial charge in [-0.05, 0) is 130 Å². The fourth-order valence-electron chi connectivity index (χ4n) is 11.0. The average molecular weight is 669 g/mol. The predicted molar refractivity (Wildman–Crippen MR) is 206 cm³/mol. The zero-order valence-electron chi connectivity index (χ0n) is 32.8. The van der Waals surface area contributed by atoms with E-state index in [1.807, 2.05) is 0 Å². The largest absolute Gasteiger partial charge is 0.481 e. The maximum absolute atomic E-state index is 10.3. The fraction of sp³-hybridized carbons (Fsp3) is 0.889. The number of fused-ring (bicyclic) bond motifs is 5. The molecule has 2 N–H and O–H groups in total. The van der Waals surface area contributed by atoms with Crippen molar-refractivity contribution in [3.05, 3.63) is 23.8 Å². The van der Waals surface area contributed by atoms with Gasteiger partial charge in [-0.3, -0.25) is 4.79 Å². The van der Waals surface area contributed by atoms with Crippen LogP contribution >= 0.6 is 0 Å². The van der Waals surface area contributed by atoms with Crippen molar-refractivity contribution in [2.75, 3.05) is 0 Å². The molecule has 0 radical (unpaired) electrons. The van der Waals surface area contributed by atoms with Crippen LogP contribution in [0.3, 0.4) is 0 Å². The van der Waals surface area contributed by atoms with E-state index in [1.165, 1.54) is 128 Å². The van der Waals surface area contributed by atoms with E-state index >= 15 is 0 Å². The molecule has 3 fully saturated rings. The molecule has 48 heavy (non-hydrogen) atoms. The molecule has 0 aromatic carbocycles. The number of carbonyl (C=O) groups is 1. The highest BCUT2D eigenvalue weighted by Crippen LogP contribution is 2.67. The Morgan fingerprint density at radius 3 is 2.10 bits per heavy atom. The summed E-state index contributed by atoms with van der Waals surface area (Å²) in [5.41, 5.74) is 2.60.